The Kier molecular flexibility index (Phi) is 6.45. The molecule has 0 spiro atoms. The third kappa shape index (κ3) is 6.33. The molecule has 0 aliphatic heterocycles. The number of hydrogen-bond acceptors (Lipinski definition) is 3. The molecule has 1 aromatic heterocycles. The van der Waals surface area contributed by atoms with E-state index in [9.17, 15) is 13.2 Å². The van der Waals surface area contributed by atoms with Crippen LogP contribution in [0.1, 0.15) is 32.0 Å². The average molecular weight is 303 g/mol. The first-order valence-corrected chi connectivity index (χ1v) is 7.22. The molecule has 0 bridgehead atoms. The topological polar surface area (TPSA) is 28.2 Å². The maximum atomic E-state index is 12.5. The molecule has 0 radical (unpaired) electrons. The Balaban J connectivity index is 2.75. The smallest absolute Gasteiger partial charge is 0.348 e. The van der Waals surface area contributed by atoms with Gasteiger partial charge in [0.05, 0.1) is 0 Å². The summed E-state index contributed by atoms with van der Waals surface area (Å²) in [6.45, 7) is 8.66. The number of alkyl halides is 3. The highest BCUT2D eigenvalue weighted by molar-refractivity contribution is 5.41. The van der Waals surface area contributed by atoms with Gasteiger partial charge in [-0.15, -0.1) is 0 Å². The zero-order chi connectivity index (χ0) is 16.0. The third-order valence-electron chi connectivity index (χ3n) is 3.12. The zero-order valence-electron chi connectivity index (χ0n) is 13.1. The first-order chi connectivity index (χ1) is 9.73. The van der Waals surface area contributed by atoms with E-state index in [1.54, 1.807) is 13.0 Å². The monoisotopic (exact) mass is 303 g/mol. The molecule has 3 nitrogen and oxygen atoms in total. The van der Waals surface area contributed by atoms with E-state index in [0.29, 0.717) is 18.3 Å². The van der Waals surface area contributed by atoms with Gasteiger partial charge in [-0.3, -0.25) is 0 Å². The fraction of sp³-hybridized carbons (Fsp3) is 0.667. The summed E-state index contributed by atoms with van der Waals surface area (Å²) in [7, 11) is 0. The van der Waals surface area contributed by atoms with Crippen LogP contribution in [0.25, 0.3) is 0 Å². The zero-order valence-corrected chi connectivity index (χ0v) is 13.1. The second-order valence-corrected chi connectivity index (χ2v) is 5.57. The van der Waals surface area contributed by atoms with Crippen LogP contribution in [-0.4, -0.2) is 30.8 Å². The summed E-state index contributed by atoms with van der Waals surface area (Å²) >= 11 is 0. The fourth-order valence-electron chi connectivity index (χ4n) is 2.01. The van der Waals surface area contributed by atoms with Gasteiger partial charge in [-0.1, -0.05) is 19.9 Å². The summed E-state index contributed by atoms with van der Waals surface area (Å²) < 4.78 is 37.6. The van der Waals surface area contributed by atoms with Gasteiger partial charge in [0.1, 0.15) is 12.4 Å². The maximum absolute atomic E-state index is 12.5. The first-order valence-electron chi connectivity index (χ1n) is 7.22. The van der Waals surface area contributed by atoms with Crippen molar-refractivity contribution in [2.45, 2.75) is 40.4 Å². The number of rotatable bonds is 7. The van der Waals surface area contributed by atoms with Crippen molar-refractivity contribution in [3.8, 4) is 0 Å². The standard InChI is InChI=1S/C15H24F3N3/c1-5-21(10-15(16,17)18)14-7-6-13(12(4)20-14)9-19-8-11(2)3/h6-7,11,19H,5,8-10H2,1-4H3. The number of nitrogens with zero attached hydrogens (tertiary/aromatic N) is 2. The summed E-state index contributed by atoms with van der Waals surface area (Å²) in [5.74, 6) is 0.930. The Morgan fingerprint density at radius 1 is 1.29 bits per heavy atom. The molecule has 0 aliphatic carbocycles. The second-order valence-electron chi connectivity index (χ2n) is 5.57. The third-order valence-corrected chi connectivity index (χ3v) is 3.12. The molecule has 6 heteroatoms. The normalized spacial score (nSPS) is 12.0. The van der Waals surface area contributed by atoms with Crippen molar-refractivity contribution in [2.24, 2.45) is 5.92 Å². The van der Waals surface area contributed by atoms with E-state index in [2.05, 4.69) is 24.1 Å². The Hall–Kier alpha value is -1.30. The minimum absolute atomic E-state index is 0.275. The van der Waals surface area contributed by atoms with Crippen LogP contribution in [0, 0.1) is 12.8 Å². The van der Waals surface area contributed by atoms with E-state index in [0.717, 1.165) is 17.8 Å². The highest BCUT2D eigenvalue weighted by Crippen LogP contribution is 2.21. The van der Waals surface area contributed by atoms with Gasteiger partial charge in [0.15, 0.2) is 0 Å². The molecule has 1 aromatic rings. The molecule has 0 amide bonds. The minimum atomic E-state index is -4.22. The highest BCUT2D eigenvalue weighted by Gasteiger charge is 2.30. The van der Waals surface area contributed by atoms with Gasteiger partial charge < -0.3 is 10.2 Å². The minimum Gasteiger partial charge on any atom is -0.348 e. The number of halogens is 3. The number of nitrogens with one attached hydrogen (secondary N) is 1. The lowest BCUT2D eigenvalue weighted by Crippen LogP contribution is -2.34. The van der Waals surface area contributed by atoms with Gasteiger partial charge in [0.2, 0.25) is 0 Å². The molecular formula is C15H24F3N3. The first kappa shape index (κ1) is 17.8. The van der Waals surface area contributed by atoms with Crippen LogP contribution in [0.3, 0.4) is 0 Å². The van der Waals surface area contributed by atoms with Crippen molar-refractivity contribution in [2.75, 3.05) is 24.5 Å². The van der Waals surface area contributed by atoms with E-state index in [1.165, 1.54) is 4.90 Å². The van der Waals surface area contributed by atoms with Gasteiger partial charge in [-0.25, -0.2) is 4.98 Å². The molecule has 1 rings (SSSR count). The summed E-state index contributed by atoms with van der Waals surface area (Å²) in [4.78, 5) is 5.55. The van der Waals surface area contributed by atoms with E-state index in [-0.39, 0.29) is 6.54 Å². The van der Waals surface area contributed by atoms with E-state index >= 15 is 0 Å². The molecule has 1 heterocycles. The summed E-state index contributed by atoms with van der Waals surface area (Å²) in [5, 5.41) is 3.31. The van der Waals surface area contributed by atoms with Crippen LogP contribution in [0.15, 0.2) is 12.1 Å². The lowest BCUT2D eigenvalue weighted by atomic mass is 10.1. The maximum Gasteiger partial charge on any atom is 0.405 e. The average Bonchev–Trinajstić information content (AvgIpc) is 2.36. The van der Waals surface area contributed by atoms with Crippen LogP contribution >= 0.6 is 0 Å². The number of aromatic nitrogens is 1. The van der Waals surface area contributed by atoms with Crippen molar-refractivity contribution < 1.29 is 13.2 Å². The van der Waals surface area contributed by atoms with Crippen molar-refractivity contribution in [1.82, 2.24) is 10.3 Å². The Morgan fingerprint density at radius 2 is 1.95 bits per heavy atom. The molecule has 0 saturated heterocycles. The van der Waals surface area contributed by atoms with E-state index in [4.69, 9.17) is 0 Å². The van der Waals surface area contributed by atoms with Gasteiger partial charge in [0, 0.05) is 18.8 Å². The quantitative estimate of drug-likeness (QED) is 0.835. The molecule has 0 unspecified atom stereocenters. The Labute approximate surface area is 124 Å². The Morgan fingerprint density at radius 3 is 2.43 bits per heavy atom. The number of pyridine rings is 1. The van der Waals surface area contributed by atoms with Crippen molar-refractivity contribution in [3.05, 3.63) is 23.4 Å². The van der Waals surface area contributed by atoms with Crippen molar-refractivity contribution in [3.63, 3.8) is 0 Å². The van der Waals surface area contributed by atoms with Crippen molar-refractivity contribution >= 4 is 5.82 Å². The van der Waals surface area contributed by atoms with Crippen LogP contribution < -0.4 is 10.2 Å². The van der Waals surface area contributed by atoms with E-state index < -0.39 is 12.7 Å². The van der Waals surface area contributed by atoms with Crippen LogP contribution in [-0.2, 0) is 6.54 Å². The molecule has 21 heavy (non-hydrogen) atoms. The predicted molar refractivity (Wildman–Crippen MR) is 79.5 cm³/mol. The number of hydrogen-bond donors (Lipinski definition) is 1. The van der Waals surface area contributed by atoms with Gasteiger partial charge >= 0.3 is 6.18 Å². The molecule has 1 N–H and O–H groups in total. The summed E-state index contributed by atoms with van der Waals surface area (Å²) in [6.07, 6.45) is -4.22. The SMILES string of the molecule is CCN(CC(F)(F)F)c1ccc(CNCC(C)C)c(C)n1. The lowest BCUT2D eigenvalue weighted by Gasteiger charge is -2.24. The van der Waals surface area contributed by atoms with Crippen molar-refractivity contribution in [1.29, 1.82) is 0 Å². The molecule has 0 fully saturated rings. The molecular weight excluding hydrogens is 279 g/mol. The molecule has 0 aliphatic rings. The Bertz CT molecular complexity index is 444. The summed E-state index contributed by atoms with van der Waals surface area (Å²) in [6, 6.07) is 3.51. The summed E-state index contributed by atoms with van der Waals surface area (Å²) in [5.41, 5.74) is 1.78. The lowest BCUT2D eigenvalue weighted by molar-refractivity contribution is -0.119. The van der Waals surface area contributed by atoms with E-state index in [1.807, 2.05) is 13.0 Å². The van der Waals surface area contributed by atoms with Gasteiger partial charge in [-0.05, 0) is 37.9 Å². The fourth-order valence-corrected chi connectivity index (χ4v) is 2.01. The van der Waals surface area contributed by atoms with Gasteiger partial charge in [0.25, 0.3) is 0 Å². The largest absolute Gasteiger partial charge is 0.405 e. The highest BCUT2D eigenvalue weighted by atomic mass is 19.4. The predicted octanol–water partition coefficient (Wildman–Crippen LogP) is 3.52. The molecule has 120 valence electrons. The molecule has 0 aromatic carbocycles. The van der Waals surface area contributed by atoms with Gasteiger partial charge in [-0.2, -0.15) is 13.2 Å². The number of aryl methyl sites for hydroxylation is 1. The van der Waals surface area contributed by atoms with Crippen LogP contribution in [0.5, 0.6) is 0 Å². The number of anilines is 1. The van der Waals surface area contributed by atoms with Crippen LogP contribution in [0.4, 0.5) is 19.0 Å². The second kappa shape index (κ2) is 7.64. The van der Waals surface area contributed by atoms with Crippen LogP contribution in [0.2, 0.25) is 0 Å². The molecule has 0 atom stereocenters. The molecule has 0 saturated carbocycles.